The van der Waals surface area contributed by atoms with Gasteiger partial charge in [0.2, 0.25) is 0 Å². The molecule has 2 aromatic carbocycles. The van der Waals surface area contributed by atoms with Crippen LogP contribution in [0.5, 0.6) is 11.5 Å². The van der Waals surface area contributed by atoms with Crippen molar-refractivity contribution in [2.75, 3.05) is 28.4 Å². The zero-order valence-corrected chi connectivity index (χ0v) is 20.4. The van der Waals surface area contributed by atoms with Gasteiger partial charge in [0.1, 0.15) is 11.5 Å². The second kappa shape index (κ2) is 9.37. The summed E-state index contributed by atoms with van der Waals surface area (Å²) in [5, 5.41) is 0. The molecule has 0 aromatic heterocycles. The van der Waals surface area contributed by atoms with Crippen LogP contribution < -0.4 is 9.05 Å². The van der Waals surface area contributed by atoms with Crippen molar-refractivity contribution in [3.63, 3.8) is 0 Å². The van der Waals surface area contributed by atoms with E-state index < -0.39 is 23.0 Å². The van der Waals surface area contributed by atoms with Crippen molar-refractivity contribution in [2.45, 2.75) is 13.8 Å². The summed E-state index contributed by atoms with van der Waals surface area (Å²) in [5.74, 6) is 1.15. The van der Waals surface area contributed by atoms with Gasteiger partial charge in [-0.2, -0.15) is 0 Å². The molecule has 1 heterocycles. The number of hydrogen-bond donors (Lipinski definition) is 0. The van der Waals surface area contributed by atoms with Crippen molar-refractivity contribution in [2.24, 2.45) is 13.5 Å². The van der Waals surface area contributed by atoms with E-state index in [1.54, 1.807) is 0 Å². The predicted octanol–water partition coefficient (Wildman–Crippen LogP) is 7.20. The molecule has 1 aliphatic heterocycles. The molecular formula is C18H26N3O6P3. The molecule has 164 valence electrons. The maximum absolute atomic E-state index is 6.38. The molecule has 0 atom stereocenters. The third kappa shape index (κ3) is 4.74. The monoisotopic (exact) mass is 473 g/mol. The zero-order chi connectivity index (χ0) is 21.8. The molecule has 0 spiro atoms. The van der Waals surface area contributed by atoms with E-state index in [0.717, 1.165) is 11.1 Å². The molecule has 0 unspecified atom stereocenters. The van der Waals surface area contributed by atoms with Gasteiger partial charge in [-0.25, -0.2) is 0 Å². The smallest absolute Gasteiger partial charge is 0.413 e. The van der Waals surface area contributed by atoms with Gasteiger partial charge in [-0.3, -0.25) is 0 Å². The number of hydrogen-bond acceptors (Lipinski definition) is 9. The summed E-state index contributed by atoms with van der Waals surface area (Å²) >= 11 is 0. The third-order valence-corrected chi connectivity index (χ3v) is 12.4. The summed E-state index contributed by atoms with van der Waals surface area (Å²) < 4.78 is 49.1. The molecule has 1 aliphatic rings. The van der Waals surface area contributed by atoms with Gasteiger partial charge in [-0.05, 0) is 37.1 Å². The highest BCUT2D eigenvalue weighted by atomic mass is 31.3. The van der Waals surface area contributed by atoms with E-state index in [2.05, 4.69) is 4.52 Å². The van der Waals surface area contributed by atoms with Crippen LogP contribution in [0.2, 0.25) is 0 Å². The Balaban J connectivity index is 2.31. The minimum Gasteiger partial charge on any atom is -0.413 e. The highest BCUT2D eigenvalue weighted by Crippen LogP contribution is 2.79. The lowest BCUT2D eigenvalue weighted by Gasteiger charge is -2.31. The number of nitrogens with zero attached hydrogens (tertiary/aromatic N) is 3. The predicted molar refractivity (Wildman–Crippen MR) is 120 cm³/mol. The quantitative estimate of drug-likeness (QED) is 0.377. The molecule has 0 bridgehead atoms. The standard InChI is InChI=1S/C18H26N3O6P3/c1-15-11-7-9-13-17(15)26-30(27-18-14-10-8-12-16(18)2)20-28(22-3,23-4)19-29(21-30,24-5)25-6/h7-14H,1-6H3. The van der Waals surface area contributed by atoms with Gasteiger partial charge in [-0.15, -0.1) is 13.5 Å². The van der Waals surface area contributed by atoms with E-state index in [4.69, 9.17) is 36.2 Å². The van der Waals surface area contributed by atoms with Crippen LogP contribution >= 0.6 is 23.0 Å². The first-order valence-corrected chi connectivity index (χ1v) is 13.6. The van der Waals surface area contributed by atoms with Crippen molar-refractivity contribution in [3.8, 4) is 11.5 Å². The van der Waals surface area contributed by atoms with E-state index in [9.17, 15) is 0 Å². The topological polar surface area (TPSA) is 92.5 Å². The van der Waals surface area contributed by atoms with Crippen LogP contribution in [0.25, 0.3) is 0 Å². The van der Waals surface area contributed by atoms with Crippen LogP contribution in [0.1, 0.15) is 11.1 Å². The first-order chi connectivity index (χ1) is 14.3. The minimum atomic E-state index is -3.44. The van der Waals surface area contributed by atoms with Crippen LogP contribution in [0, 0.1) is 13.8 Å². The summed E-state index contributed by atoms with van der Waals surface area (Å²) in [7, 11) is -3.94. The normalized spacial score (nSPS) is 18.5. The average Bonchev–Trinajstić information content (AvgIpc) is 2.76. The first kappa shape index (κ1) is 23.2. The number of aryl methyl sites for hydroxylation is 2. The van der Waals surface area contributed by atoms with Crippen LogP contribution in [0.15, 0.2) is 62.1 Å². The zero-order valence-electron chi connectivity index (χ0n) is 17.8. The minimum absolute atomic E-state index is 0.574. The molecule has 0 saturated carbocycles. The van der Waals surface area contributed by atoms with Crippen molar-refractivity contribution in [1.29, 1.82) is 0 Å². The van der Waals surface area contributed by atoms with Crippen molar-refractivity contribution in [3.05, 3.63) is 59.7 Å². The van der Waals surface area contributed by atoms with Crippen LogP contribution in [0.3, 0.4) is 0 Å². The van der Waals surface area contributed by atoms with Gasteiger partial charge in [0.15, 0.2) is 0 Å². The van der Waals surface area contributed by atoms with Crippen molar-refractivity contribution < 1.29 is 27.1 Å². The SMILES string of the molecule is COP1(OC)=NP(OC)(OC)=NP(Oc2ccccc2C)(Oc2ccccc2C)=N1. The molecular weight excluding hydrogens is 447 g/mol. The Morgan fingerprint density at radius 3 is 1.23 bits per heavy atom. The lowest BCUT2D eigenvalue weighted by atomic mass is 10.2. The Bertz CT molecular complexity index is 1010. The average molecular weight is 473 g/mol. The second-order valence-electron chi connectivity index (χ2n) is 6.18. The number of rotatable bonds is 8. The van der Waals surface area contributed by atoms with E-state index >= 15 is 0 Å². The molecule has 0 fully saturated rings. The molecule has 0 N–H and O–H groups in total. The van der Waals surface area contributed by atoms with Gasteiger partial charge >= 0.3 is 23.0 Å². The fraction of sp³-hybridized carbons (Fsp3) is 0.333. The van der Waals surface area contributed by atoms with E-state index in [0.29, 0.717) is 11.5 Å². The molecule has 12 heteroatoms. The van der Waals surface area contributed by atoms with Gasteiger partial charge < -0.3 is 27.1 Å². The molecule has 2 aromatic rings. The fourth-order valence-corrected chi connectivity index (χ4v) is 11.6. The highest BCUT2D eigenvalue weighted by Gasteiger charge is 2.43. The molecule has 0 amide bonds. The maximum Gasteiger partial charge on any atom is 0.457 e. The Labute approximate surface area is 177 Å². The summed E-state index contributed by atoms with van der Waals surface area (Å²) in [5.41, 5.74) is 1.80. The lowest BCUT2D eigenvalue weighted by molar-refractivity contribution is 0.311. The molecule has 0 saturated heterocycles. The largest absolute Gasteiger partial charge is 0.457 e. The number of benzene rings is 2. The molecule has 3 rings (SSSR count). The van der Waals surface area contributed by atoms with E-state index in [-0.39, 0.29) is 0 Å². The Kier molecular flexibility index (Phi) is 7.26. The summed E-state index contributed by atoms with van der Waals surface area (Å²) in [4.78, 5) is 0. The number of para-hydroxylation sites is 2. The fourth-order valence-electron chi connectivity index (χ4n) is 2.59. The Morgan fingerprint density at radius 1 is 0.533 bits per heavy atom. The summed E-state index contributed by atoms with van der Waals surface area (Å²) in [6, 6.07) is 15.1. The first-order valence-electron chi connectivity index (χ1n) is 8.99. The van der Waals surface area contributed by atoms with Crippen molar-refractivity contribution >= 4 is 23.0 Å². The lowest BCUT2D eigenvalue weighted by Crippen LogP contribution is -2.06. The van der Waals surface area contributed by atoms with Gasteiger partial charge in [0, 0.05) is 28.4 Å². The molecule has 30 heavy (non-hydrogen) atoms. The summed E-state index contributed by atoms with van der Waals surface area (Å²) in [6.45, 7) is 3.86. The Hall–Kier alpha value is -1.43. The summed E-state index contributed by atoms with van der Waals surface area (Å²) in [6.07, 6.45) is 0. The van der Waals surface area contributed by atoms with Gasteiger partial charge in [-0.1, -0.05) is 36.4 Å². The molecule has 0 radical (unpaired) electrons. The highest BCUT2D eigenvalue weighted by molar-refractivity contribution is 7.78. The maximum atomic E-state index is 6.38. The van der Waals surface area contributed by atoms with Crippen molar-refractivity contribution in [1.82, 2.24) is 0 Å². The van der Waals surface area contributed by atoms with Gasteiger partial charge in [0.25, 0.3) is 0 Å². The Morgan fingerprint density at radius 2 is 0.867 bits per heavy atom. The second-order valence-corrected chi connectivity index (χ2v) is 13.1. The van der Waals surface area contributed by atoms with E-state index in [1.165, 1.54) is 28.4 Å². The van der Waals surface area contributed by atoms with Gasteiger partial charge in [0.05, 0.1) is 0 Å². The van der Waals surface area contributed by atoms with Crippen LogP contribution in [-0.2, 0) is 18.1 Å². The van der Waals surface area contributed by atoms with Crippen LogP contribution in [0.4, 0.5) is 0 Å². The van der Waals surface area contributed by atoms with E-state index in [1.807, 2.05) is 62.4 Å². The van der Waals surface area contributed by atoms with Crippen LogP contribution in [-0.4, -0.2) is 28.4 Å². The third-order valence-electron chi connectivity index (χ3n) is 4.25. The molecule has 0 aliphatic carbocycles. The molecule has 9 nitrogen and oxygen atoms in total.